The van der Waals surface area contributed by atoms with Crippen molar-refractivity contribution in [3.8, 4) is 0 Å². The van der Waals surface area contributed by atoms with Gasteiger partial charge in [0.1, 0.15) is 0 Å². The summed E-state index contributed by atoms with van der Waals surface area (Å²) in [5.41, 5.74) is 3.77. The van der Waals surface area contributed by atoms with Crippen LogP contribution in [0.3, 0.4) is 0 Å². The number of nitrogens with zero attached hydrogens (tertiary/aromatic N) is 2. The molecule has 0 aliphatic carbocycles. The van der Waals surface area contributed by atoms with Gasteiger partial charge in [-0.25, -0.2) is 0 Å². The molecule has 2 heteroatoms. The van der Waals surface area contributed by atoms with Gasteiger partial charge in [-0.05, 0) is 43.9 Å². The molecule has 1 aromatic rings. The zero-order valence-electron chi connectivity index (χ0n) is 9.11. The first kappa shape index (κ1) is 8.96. The van der Waals surface area contributed by atoms with Crippen molar-refractivity contribution in [3.63, 3.8) is 0 Å². The molecule has 0 N–H and O–H groups in total. The lowest BCUT2D eigenvalue weighted by Gasteiger charge is -2.26. The summed E-state index contributed by atoms with van der Waals surface area (Å²) in [6.45, 7) is 4.51. The molecule has 2 aliphatic heterocycles. The highest BCUT2D eigenvalue weighted by Crippen LogP contribution is 2.34. The smallest absolute Gasteiger partial charge is 0.0647 e. The van der Waals surface area contributed by atoms with E-state index in [-0.39, 0.29) is 0 Å². The first-order chi connectivity index (χ1) is 7.36. The Morgan fingerprint density at radius 1 is 1.47 bits per heavy atom. The first-order valence-corrected chi connectivity index (χ1v) is 5.74. The summed E-state index contributed by atoms with van der Waals surface area (Å²) < 4.78 is 0. The van der Waals surface area contributed by atoms with Gasteiger partial charge in [0.05, 0.1) is 17.1 Å². The highest BCUT2D eigenvalue weighted by Gasteiger charge is 2.30. The van der Waals surface area contributed by atoms with Gasteiger partial charge in [-0.2, -0.15) is 0 Å². The molecule has 3 rings (SSSR count). The lowest BCUT2D eigenvalue weighted by atomic mass is 9.99. The number of hydrogen-bond acceptors (Lipinski definition) is 2. The van der Waals surface area contributed by atoms with E-state index in [1.807, 2.05) is 13.0 Å². The van der Waals surface area contributed by atoms with Crippen LogP contribution in [0, 0.1) is 5.92 Å². The van der Waals surface area contributed by atoms with Crippen molar-refractivity contribution < 1.29 is 0 Å². The Kier molecular flexibility index (Phi) is 2.01. The Balaban J connectivity index is 2.02. The van der Waals surface area contributed by atoms with E-state index in [9.17, 15) is 0 Å². The molecule has 0 aromatic carbocycles. The third-order valence-corrected chi connectivity index (χ3v) is 3.42. The van der Waals surface area contributed by atoms with Gasteiger partial charge in [-0.1, -0.05) is 6.08 Å². The Hall–Kier alpha value is -1.31. The van der Waals surface area contributed by atoms with E-state index in [0.29, 0.717) is 0 Å². The molecule has 1 atom stereocenters. The number of hydrogen-bond donors (Lipinski definition) is 0. The van der Waals surface area contributed by atoms with E-state index in [2.05, 4.69) is 23.1 Å². The van der Waals surface area contributed by atoms with Gasteiger partial charge in [0.2, 0.25) is 0 Å². The normalized spacial score (nSPS) is 23.5. The van der Waals surface area contributed by atoms with Gasteiger partial charge in [0, 0.05) is 13.1 Å². The van der Waals surface area contributed by atoms with Gasteiger partial charge >= 0.3 is 0 Å². The van der Waals surface area contributed by atoms with Crippen LogP contribution in [0.1, 0.15) is 24.7 Å². The summed E-state index contributed by atoms with van der Waals surface area (Å²) >= 11 is 0. The summed E-state index contributed by atoms with van der Waals surface area (Å²) in [6.07, 6.45) is 6.64. The zero-order chi connectivity index (χ0) is 10.3. The molecule has 2 aliphatic rings. The van der Waals surface area contributed by atoms with Crippen LogP contribution in [-0.2, 0) is 6.42 Å². The Bertz CT molecular complexity index is 409. The second kappa shape index (κ2) is 3.37. The van der Waals surface area contributed by atoms with Crippen LogP contribution in [0.15, 0.2) is 18.2 Å². The molecule has 1 saturated heterocycles. The first-order valence-electron chi connectivity index (χ1n) is 5.74. The molecule has 0 unspecified atom stereocenters. The maximum absolute atomic E-state index is 4.72. The van der Waals surface area contributed by atoms with Crippen LogP contribution in [-0.4, -0.2) is 18.1 Å². The summed E-state index contributed by atoms with van der Waals surface area (Å²) in [7, 11) is 0. The average Bonchev–Trinajstić information content (AvgIpc) is 2.62. The lowest BCUT2D eigenvalue weighted by Crippen LogP contribution is -2.26. The second-order valence-electron chi connectivity index (χ2n) is 4.51. The van der Waals surface area contributed by atoms with Gasteiger partial charge in [-0.3, -0.25) is 4.98 Å². The number of allylic oxidation sites excluding steroid dienone is 1. The monoisotopic (exact) mass is 200 g/mol. The van der Waals surface area contributed by atoms with Crippen LogP contribution >= 0.6 is 0 Å². The number of fused-ring (bicyclic) bond motifs is 4. The van der Waals surface area contributed by atoms with E-state index in [1.165, 1.54) is 37.3 Å². The van der Waals surface area contributed by atoms with Crippen LogP contribution in [0.5, 0.6) is 0 Å². The van der Waals surface area contributed by atoms with Crippen LogP contribution < -0.4 is 4.90 Å². The highest BCUT2D eigenvalue weighted by atomic mass is 15.2. The molecular formula is C13H16N2. The molecule has 1 fully saturated rings. The van der Waals surface area contributed by atoms with Crippen molar-refractivity contribution in [1.29, 1.82) is 0 Å². The number of rotatable bonds is 1. The van der Waals surface area contributed by atoms with Crippen LogP contribution in [0.25, 0.3) is 6.08 Å². The van der Waals surface area contributed by atoms with Gasteiger partial charge in [-0.15, -0.1) is 0 Å². The topological polar surface area (TPSA) is 16.1 Å². The van der Waals surface area contributed by atoms with Gasteiger partial charge in [0.25, 0.3) is 0 Å². The molecule has 0 spiro atoms. The Labute approximate surface area is 90.6 Å². The summed E-state index contributed by atoms with van der Waals surface area (Å²) in [5.74, 6) is 0.853. The van der Waals surface area contributed by atoms with E-state index in [4.69, 9.17) is 4.98 Å². The molecule has 0 saturated carbocycles. The molecule has 0 amide bonds. The molecule has 2 bridgehead atoms. The van der Waals surface area contributed by atoms with Crippen LogP contribution in [0.2, 0.25) is 0 Å². The van der Waals surface area contributed by atoms with Crippen molar-refractivity contribution in [2.75, 3.05) is 18.0 Å². The largest absolute Gasteiger partial charge is 0.370 e. The quantitative estimate of drug-likeness (QED) is 0.692. The number of aromatic nitrogens is 1. The number of pyridine rings is 1. The Morgan fingerprint density at radius 3 is 3.27 bits per heavy atom. The predicted octanol–water partition coefficient (Wildman–Crippen LogP) is 2.50. The molecule has 3 heterocycles. The van der Waals surface area contributed by atoms with E-state index in [0.717, 1.165) is 11.6 Å². The maximum atomic E-state index is 4.72. The molecule has 0 radical (unpaired) electrons. The molecule has 15 heavy (non-hydrogen) atoms. The van der Waals surface area contributed by atoms with E-state index in [1.54, 1.807) is 0 Å². The minimum atomic E-state index is 0.853. The Morgan fingerprint density at radius 2 is 2.40 bits per heavy atom. The average molecular weight is 200 g/mol. The fourth-order valence-electron chi connectivity index (χ4n) is 2.70. The van der Waals surface area contributed by atoms with Gasteiger partial charge in [0.15, 0.2) is 0 Å². The minimum Gasteiger partial charge on any atom is -0.370 e. The maximum Gasteiger partial charge on any atom is 0.0647 e. The summed E-state index contributed by atoms with van der Waals surface area (Å²) in [4.78, 5) is 7.20. The fourth-order valence-corrected chi connectivity index (χ4v) is 2.70. The highest BCUT2D eigenvalue weighted by molar-refractivity contribution is 5.58. The third-order valence-electron chi connectivity index (χ3n) is 3.42. The van der Waals surface area contributed by atoms with Crippen molar-refractivity contribution in [1.82, 2.24) is 4.98 Å². The SMILES string of the molecule is C/C=C\c1ccc2c(n1)C[C@H]1CCN2C1. The number of anilines is 1. The van der Waals surface area contributed by atoms with Crippen molar-refractivity contribution >= 4 is 11.8 Å². The molecular weight excluding hydrogens is 184 g/mol. The standard InChI is InChI=1S/C13H16N2/c1-2-3-11-4-5-13-12(14-11)8-10-6-7-15(13)9-10/h2-5,10H,6-9H2,1H3/b3-2-/t10-/m1/s1. The molecule has 2 nitrogen and oxygen atoms in total. The zero-order valence-corrected chi connectivity index (χ0v) is 9.11. The fraction of sp³-hybridized carbons (Fsp3) is 0.462. The molecule has 78 valence electrons. The second-order valence-corrected chi connectivity index (χ2v) is 4.51. The predicted molar refractivity (Wildman–Crippen MR) is 63.0 cm³/mol. The third kappa shape index (κ3) is 1.44. The minimum absolute atomic E-state index is 0.853. The molecule has 1 aromatic heterocycles. The summed E-state index contributed by atoms with van der Waals surface area (Å²) in [6, 6.07) is 4.36. The van der Waals surface area contributed by atoms with Crippen molar-refractivity contribution in [3.05, 3.63) is 29.6 Å². The van der Waals surface area contributed by atoms with Gasteiger partial charge < -0.3 is 4.90 Å². The lowest BCUT2D eigenvalue weighted by molar-refractivity contribution is 0.565. The van der Waals surface area contributed by atoms with Crippen molar-refractivity contribution in [2.24, 2.45) is 5.92 Å². The van der Waals surface area contributed by atoms with E-state index >= 15 is 0 Å². The van der Waals surface area contributed by atoms with Crippen LogP contribution in [0.4, 0.5) is 5.69 Å². The van der Waals surface area contributed by atoms with Crippen molar-refractivity contribution in [2.45, 2.75) is 19.8 Å². The summed E-state index contributed by atoms with van der Waals surface area (Å²) in [5, 5.41) is 0. The van der Waals surface area contributed by atoms with E-state index < -0.39 is 0 Å².